The van der Waals surface area contributed by atoms with E-state index in [9.17, 15) is 41.0 Å². The molecule has 0 saturated heterocycles. The highest BCUT2D eigenvalue weighted by Gasteiger charge is 2.39. The Balaban J connectivity index is 2.39. The van der Waals surface area contributed by atoms with Crippen molar-refractivity contribution in [3.05, 3.63) is 70.8 Å². The van der Waals surface area contributed by atoms with Crippen molar-refractivity contribution in [2.24, 2.45) is 5.92 Å². The zero-order chi connectivity index (χ0) is 24.1. The molecule has 2 atom stereocenters. The maximum Gasteiger partial charge on any atom is 0.416 e. The van der Waals surface area contributed by atoms with Crippen LogP contribution < -0.4 is 5.32 Å². The van der Waals surface area contributed by atoms with Crippen LogP contribution in [-0.2, 0) is 21.9 Å². The molecule has 174 valence electrons. The standard InChI is InChI=1S/C21H19F6NO4/c1-2-32-19(31)16(11-28-18(30)12-6-4-3-5-7-12)17(29)13-8-14(20(22,23)24)10-15(9-13)21(25,26)27/h3-10,16-17,29H,2,11H2,1H3,(H,28,30)/t16-,17+/m0/s1. The number of carbonyl (C=O) groups is 2. The van der Waals surface area contributed by atoms with E-state index in [1.165, 1.54) is 19.1 Å². The zero-order valence-corrected chi connectivity index (χ0v) is 16.6. The van der Waals surface area contributed by atoms with Gasteiger partial charge in [0.25, 0.3) is 5.91 Å². The first-order valence-corrected chi connectivity index (χ1v) is 9.32. The van der Waals surface area contributed by atoms with Gasteiger partial charge in [-0.3, -0.25) is 9.59 Å². The van der Waals surface area contributed by atoms with Gasteiger partial charge in [0.2, 0.25) is 0 Å². The lowest BCUT2D eigenvalue weighted by Gasteiger charge is -2.24. The summed E-state index contributed by atoms with van der Waals surface area (Å²) in [6.45, 7) is 0.673. The fourth-order valence-electron chi connectivity index (χ4n) is 2.85. The summed E-state index contributed by atoms with van der Waals surface area (Å²) < 4.78 is 83.5. The van der Waals surface area contributed by atoms with Crippen molar-refractivity contribution >= 4 is 11.9 Å². The molecule has 0 spiro atoms. The molecule has 0 bridgehead atoms. The molecule has 5 nitrogen and oxygen atoms in total. The maximum absolute atomic E-state index is 13.1. The van der Waals surface area contributed by atoms with Gasteiger partial charge in [0.1, 0.15) is 5.92 Å². The number of benzene rings is 2. The Bertz CT molecular complexity index is 911. The van der Waals surface area contributed by atoms with Gasteiger partial charge in [-0.15, -0.1) is 0 Å². The van der Waals surface area contributed by atoms with E-state index in [4.69, 9.17) is 4.74 Å². The molecule has 0 heterocycles. The summed E-state index contributed by atoms with van der Waals surface area (Å²) in [4.78, 5) is 24.5. The summed E-state index contributed by atoms with van der Waals surface area (Å²) >= 11 is 0. The number of ether oxygens (including phenoxy) is 1. The third-order valence-corrected chi connectivity index (χ3v) is 4.44. The highest BCUT2D eigenvalue weighted by molar-refractivity contribution is 5.94. The smallest absolute Gasteiger partial charge is 0.416 e. The largest absolute Gasteiger partial charge is 0.466 e. The number of halogens is 6. The minimum Gasteiger partial charge on any atom is -0.466 e. The van der Waals surface area contributed by atoms with Gasteiger partial charge in [0.15, 0.2) is 0 Å². The average Bonchev–Trinajstić information content (AvgIpc) is 2.72. The number of aliphatic hydroxyl groups is 1. The van der Waals surface area contributed by atoms with Gasteiger partial charge in [0, 0.05) is 12.1 Å². The maximum atomic E-state index is 13.1. The van der Waals surface area contributed by atoms with Crippen LogP contribution >= 0.6 is 0 Å². The summed E-state index contributed by atoms with van der Waals surface area (Å²) in [5.41, 5.74) is -3.88. The van der Waals surface area contributed by atoms with Gasteiger partial charge >= 0.3 is 18.3 Å². The number of nitrogens with one attached hydrogen (secondary N) is 1. The van der Waals surface area contributed by atoms with Crippen LogP contribution in [0.2, 0.25) is 0 Å². The van der Waals surface area contributed by atoms with E-state index in [0.29, 0.717) is 12.1 Å². The number of amides is 1. The molecule has 0 aliphatic heterocycles. The van der Waals surface area contributed by atoms with Crippen LogP contribution in [0.5, 0.6) is 0 Å². The van der Waals surface area contributed by atoms with E-state index in [-0.39, 0.29) is 18.2 Å². The molecule has 0 aliphatic carbocycles. The van der Waals surface area contributed by atoms with Crippen molar-refractivity contribution in [1.29, 1.82) is 0 Å². The third-order valence-electron chi connectivity index (χ3n) is 4.44. The molecule has 2 N–H and O–H groups in total. The molecular formula is C21H19F6NO4. The number of hydrogen-bond donors (Lipinski definition) is 2. The highest BCUT2D eigenvalue weighted by Crippen LogP contribution is 2.38. The van der Waals surface area contributed by atoms with E-state index >= 15 is 0 Å². The van der Waals surface area contributed by atoms with Crippen LogP contribution in [0.1, 0.15) is 40.1 Å². The molecule has 0 unspecified atom stereocenters. The summed E-state index contributed by atoms with van der Waals surface area (Å²) in [6, 6.07) is 8.24. The van der Waals surface area contributed by atoms with E-state index in [1.54, 1.807) is 18.2 Å². The van der Waals surface area contributed by atoms with E-state index < -0.39 is 59.5 Å². The predicted molar refractivity (Wildman–Crippen MR) is 100 cm³/mol. The van der Waals surface area contributed by atoms with Crippen LogP contribution in [-0.4, -0.2) is 30.1 Å². The summed E-state index contributed by atoms with van der Waals surface area (Å²) in [7, 11) is 0. The number of alkyl halides is 6. The number of rotatable bonds is 7. The van der Waals surface area contributed by atoms with E-state index in [0.717, 1.165) is 0 Å². The molecule has 32 heavy (non-hydrogen) atoms. The average molecular weight is 463 g/mol. The van der Waals surface area contributed by atoms with Crippen LogP contribution in [0.3, 0.4) is 0 Å². The van der Waals surface area contributed by atoms with Gasteiger partial charge in [-0.05, 0) is 42.8 Å². The molecule has 0 fully saturated rings. The molecule has 2 rings (SSSR count). The lowest BCUT2D eigenvalue weighted by Crippen LogP contribution is -2.37. The molecule has 0 aliphatic rings. The van der Waals surface area contributed by atoms with Gasteiger partial charge in [-0.25, -0.2) is 0 Å². The van der Waals surface area contributed by atoms with Crippen LogP contribution in [0.4, 0.5) is 26.3 Å². The SMILES string of the molecule is CCOC(=O)[C@@H](CNC(=O)c1ccccc1)[C@H](O)c1cc(C(F)(F)F)cc(C(F)(F)F)c1. The molecule has 1 amide bonds. The Morgan fingerprint density at radius 3 is 1.97 bits per heavy atom. The monoisotopic (exact) mass is 463 g/mol. The first-order chi connectivity index (χ1) is 14.8. The predicted octanol–water partition coefficient (Wildman–Crippen LogP) is 4.37. The number of esters is 1. The Morgan fingerprint density at radius 1 is 0.969 bits per heavy atom. The lowest BCUT2D eigenvalue weighted by atomic mass is 9.92. The highest BCUT2D eigenvalue weighted by atomic mass is 19.4. The van der Waals surface area contributed by atoms with Crippen LogP contribution in [0.15, 0.2) is 48.5 Å². The molecular weight excluding hydrogens is 444 g/mol. The van der Waals surface area contributed by atoms with Gasteiger partial charge in [-0.2, -0.15) is 26.3 Å². The normalized spacial score (nSPS) is 13.9. The first kappa shape index (κ1) is 25.2. The van der Waals surface area contributed by atoms with E-state index in [2.05, 4.69) is 5.32 Å². The Hall–Kier alpha value is -3.08. The molecule has 2 aromatic rings. The second-order valence-electron chi connectivity index (χ2n) is 6.72. The lowest BCUT2D eigenvalue weighted by molar-refractivity contribution is -0.151. The molecule has 11 heteroatoms. The van der Waals surface area contributed by atoms with Crippen molar-refractivity contribution in [3.8, 4) is 0 Å². The van der Waals surface area contributed by atoms with Crippen molar-refractivity contribution < 1.29 is 45.8 Å². The minimum absolute atomic E-state index is 0.0905. The van der Waals surface area contributed by atoms with Crippen molar-refractivity contribution in [2.45, 2.75) is 25.4 Å². The quantitative estimate of drug-likeness (QED) is 0.473. The molecule has 0 aromatic heterocycles. The number of carbonyl (C=O) groups excluding carboxylic acids is 2. The van der Waals surface area contributed by atoms with Crippen molar-refractivity contribution in [1.82, 2.24) is 5.32 Å². The summed E-state index contributed by atoms with van der Waals surface area (Å²) in [5.74, 6) is -3.42. The zero-order valence-electron chi connectivity index (χ0n) is 16.6. The first-order valence-electron chi connectivity index (χ1n) is 9.32. The third kappa shape index (κ3) is 6.46. The van der Waals surface area contributed by atoms with Gasteiger partial charge in [-0.1, -0.05) is 18.2 Å². The van der Waals surface area contributed by atoms with Gasteiger partial charge < -0.3 is 15.2 Å². The second kappa shape index (κ2) is 10.0. The van der Waals surface area contributed by atoms with Crippen molar-refractivity contribution in [2.75, 3.05) is 13.2 Å². The minimum atomic E-state index is -5.13. The fraction of sp³-hybridized carbons (Fsp3) is 0.333. The Labute approximate surface area is 179 Å². The topological polar surface area (TPSA) is 75.6 Å². The van der Waals surface area contributed by atoms with Crippen LogP contribution in [0.25, 0.3) is 0 Å². The van der Waals surface area contributed by atoms with Gasteiger partial charge in [0.05, 0.1) is 23.8 Å². The molecule has 2 aromatic carbocycles. The number of aliphatic hydroxyl groups excluding tert-OH is 1. The number of hydrogen-bond acceptors (Lipinski definition) is 4. The van der Waals surface area contributed by atoms with Crippen LogP contribution in [0, 0.1) is 5.92 Å². The summed E-state index contributed by atoms with van der Waals surface area (Å²) in [6.07, 6.45) is -12.4. The fourth-order valence-corrected chi connectivity index (χ4v) is 2.85. The molecule has 0 radical (unpaired) electrons. The Morgan fingerprint density at radius 2 is 1.50 bits per heavy atom. The van der Waals surface area contributed by atoms with Crippen molar-refractivity contribution in [3.63, 3.8) is 0 Å². The molecule has 0 saturated carbocycles. The Kier molecular flexibility index (Phi) is 7.89. The second-order valence-corrected chi connectivity index (χ2v) is 6.72. The van der Waals surface area contributed by atoms with E-state index in [1.807, 2.05) is 0 Å². The summed E-state index contributed by atoms with van der Waals surface area (Å²) in [5, 5.41) is 12.9.